The zero-order chi connectivity index (χ0) is 40.7. The molecule has 0 fully saturated rings. The van der Waals surface area contributed by atoms with Crippen molar-refractivity contribution in [2.24, 2.45) is 0 Å². The molecule has 0 bridgehead atoms. The molecule has 314 valence electrons. The average molecular weight is 771 g/mol. The van der Waals surface area contributed by atoms with Crippen molar-refractivity contribution >= 4 is 17.9 Å². The van der Waals surface area contributed by atoms with E-state index in [2.05, 4.69) is 86.8 Å². The first-order valence-electron chi connectivity index (χ1n) is 21.5. The molecule has 0 amide bonds. The number of hydrogen-bond donors (Lipinski definition) is 1. The van der Waals surface area contributed by atoms with Gasteiger partial charge in [0.1, 0.15) is 6.61 Å². The van der Waals surface area contributed by atoms with E-state index in [0.29, 0.717) is 25.7 Å². The van der Waals surface area contributed by atoms with Crippen LogP contribution in [-0.4, -0.2) is 80.6 Å². The van der Waals surface area contributed by atoms with Crippen LogP contribution in [0.1, 0.15) is 155 Å². The molecule has 1 N–H and O–H groups in total. The molecule has 0 saturated heterocycles. The van der Waals surface area contributed by atoms with Crippen molar-refractivity contribution in [1.29, 1.82) is 0 Å². The van der Waals surface area contributed by atoms with Crippen LogP contribution in [-0.2, 0) is 28.6 Å². The van der Waals surface area contributed by atoms with Crippen LogP contribution in [0.25, 0.3) is 0 Å². The molecular weight excluding hydrogens is 691 g/mol. The van der Waals surface area contributed by atoms with Crippen LogP contribution in [0.4, 0.5) is 0 Å². The highest BCUT2D eigenvalue weighted by atomic mass is 16.6. The first kappa shape index (κ1) is 51.8. The number of carboxylic acid groups (broad SMARTS) is 1. The molecule has 8 nitrogen and oxygen atoms in total. The SMILES string of the molecule is CCCC/C=C/CCCCCCC(=O)OC(COCCC(C(=O)O)[N+](C)(C)C)COC(=O)CCCC/C=C/C/C=C/C/C=C/C/C=C/C/C=C/CCCCC. The fraction of sp³-hybridized carbons (Fsp3) is 0.681. The van der Waals surface area contributed by atoms with Crippen molar-refractivity contribution in [2.75, 3.05) is 41.0 Å². The summed E-state index contributed by atoms with van der Waals surface area (Å²) < 4.78 is 17.2. The smallest absolute Gasteiger partial charge is 0.362 e. The van der Waals surface area contributed by atoms with E-state index in [9.17, 15) is 19.5 Å². The van der Waals surface area contributed by atoms with Crippen LogP contribution < -0.4 is 0 Å². The number of unbranched alkanes of at least 4 members (excludes halogenated alkanes) is 11. The number of hydrogen-bond acceptors (Lipinski definition) is 6. The minimum atomic E-state index is -0.887. The third kappa shape index (κ3) is 36.2. The second-order valence-corrected chi connectivity index (χ2v) is 15.2. The van der Waals surface area contributed by atoms with E-state index >= 15 is 0 Å². The zero-order valence-corrected chi connectivity index (χ0v) is 35.6. The van der Waals surface area contributed by atoms with Gasteiger partial charge in [0.15, 0.2) is 12.1 Å². The number of quaternary nitrogens is 1. The topological polar surface area (TPSA) is 99.1 Å². The third-order valence-corrected chi connectivity index (χ3v) is 9.08. The molecule has 0 aliphatic heterocycles. The van der Waals surface area contributed by atoms with Gasteiger partial charge in [0.25, 0.3) is 0 Å². The average Bonchev–Trinajstić information content (AvgIpc) is 3.14. The quantitative estimate of drug-likeness (QED) is 0.0291. The number of rotatable bonds is 37. The first-order chi connectivity index (χ1) is 26.6. The third-order valence-electron chi connectivity index (χ3n) is 9.08. The number of carbonyl (C=O) groups is 3. The van der Waals surface area contributed by atoms with Crippen molar-refractivity contribution in [3.63, 3.8) is 0 Å². The maximum absolute atomic E-state index is 12.6. The predicted molar refractivity (Wildman–Crippen MR) is 229 cm³/mol. The molecule has 0 rings (SSSR count). The highest BCUT2D eigenvalue weighted by molar-refractivity contribution is 5.72. The fourth-order valence-corrected chi connectivity index (χ4v) is 5.68. The summed E-state index contributed by atoms with van der Waals surface area (Å²) in [5.41, 5.74) is 0. The van der Waals surface area contributed by atoms with Gasteiger partial charge in [-0.05, 0) is 83.5 Å². The van der Waals surface area contributed by atoms with Gasteiger partial charge in [-0.2, -0.15) is 0 Å². The largest absolute Gasteiger partial charge is 0.477 e. The molecule has 0 heterocycles. The lowest BCUT2D eigenvalue weighted by atomic mass is 10.1. The number of esters is 2. The second-order valence-electron chi connectivity index (χ2n) is 15.2. The number of aliphatic carboxylic acids is 1. The summed E-state index contributed by atoms with van der Waals surface area (Å²) >= 11 is 0. The maximum atomic E-state index is 12.6. The summed E-state index contributed by atoms with van der Waals surface area (Å²) in [4.78, 5) is 36.8. The predicted octanol–water partition coefficient (Wildman–Crippen LogP) is 11.6. The Morgan fingerprint density at radius 2 is 0.982 bits per heavy atom. The van der Waals surface area contributed by atoms with Crippen molar-refractivity contribution in [1.82, 2.24) is 0 Å². The molecule has 0 saturated carbocycles. The molecule has 0 aromatic carbocycles. The summed E-state index contributed by atoms with van der Waals surface area (Å²) in [5.74, 6) is -1.55. The Morgan fingerprint density at radius 1 is 0.545 bits per heavy atom. The van der Waals surface area contributed by atoms with E-state index in [0.717, 1.165) is 77.0 Å². The van der Waals surface area contributed by atoms with Gasteiger partial charge in [0.2, 0.25) is 0 Å². The molecular formula is C47H80NO7+. The number of allylic oxidation sites excluding steroid dienone is 12. The number of carbonyl (C=O) groups excluding carboxylic acids is 2. The summed E-state index contributed by atoms with van der Waals surface area (Å²) in [7, 11) is 5.49. The Hall–Kier alpha value is -3.23. The van der Waals surface area contributed by atoms with Crippen LogP contribution in [0.3, 0.4) is 0 Å². The van der Waals surface area contributed by atoms with Gasteiger partial charge in [-0.15, -0.1) is 0 Å². The van der Waals surface area contributed by atoms with Gasteiger partial charge < -0.3 is 23.8 Å². The van der Waals surface area contributed by atoms with Gasteiger partial charge in [-0.3, -0.25) is 9.59 Å². The van der Waals surface area contributed by atoms with E-state index < -0.39 is 18.1 Å². The Kier molecular flexibility index (Phi) is 35.5. The van der Waals surface area contributed by atoms with E-state index in [1.165, 1.54) is 38.5 Å². The Morgan fingerprint density at radius 3 is 1.51 bits per heavy atom. The number of likely N-dealkylation sites (N-methyl/N-ethyl adjacent to an activating group) is 1. The van der Waals surface area contributed by atoms with Crippen molar-refractivity contribution in [3.05, 3.63) is 72.9 Å². The van der Waals surface area contributed by atoms with E-state index in [1.54, 1.807) is 0 Å². The molecule has 0 radical (unpaired) electrons. The summed E-state index contributed by atoms with van der Waals surface area (Å²) in [6, 6.07) is -0.625. The van der Waals surface area contributed by atoms with E-state index in [1.807, 2.05) is 21.1 Å². The van der Waals surface area contributed by atoms with Crippen LogP contribution in [0.5, 0.6) is 0 Å². The summed E-state index contributed by atoms with van der Waals surface area (Å²) in [6.45, 7) is 4.58. The maximum Gasteiger partial charge on any atom is 0.362 e. The van der Waals surface area contributed by atoms with Crippen molar-refractivity contribution in [2.45, 2.75) is 167 Å². The van der Waals surface area contributed by atoms with Crippen LogP contribution in [0.2, 0.25) is 0 Å². The van der Waals surface area contributed by atoms with Crippen LogP contribution in [0.15, 0.2) is 72.9 Å². The van der Waals surface area contributed by atoms with Gasteiger partial charge in [-0.1, -0.05) is 125 Å². The molecule has 0 aliphatic rings. The summed E-state index contributed by atoms with van der Waals surface area (Å²) in [6.07, 6.45) is 46.7. The Balaban J connectivity index is 4.41. The molecule has 8 heteroatoms. The van der Waals surface area contributed by atoms with Gasteiger partial charge in [0, 0.05) is 19.3 Å². The lowest BCUT2D eigenvalue weighted by Gasteiger charge is -2.31. The molecule has 0 aromatic heterocycles. The van der Waals surface area contributed by atoms with Crippen LogP contribution >= 0.6 is 0 Å². The Labute approximate surface area is 336 Å². The number of carboxylic acids is 1. The highest BCUT2D eigenvalue weighted by Gasteiger charge is 2.31. The number of nitrogens with zero attached hydrogens (tertiary/aromatic N) is 1. The minimum absolute atomic E-state index is 0.0388. The fourth-order valence-electron chi connectivity index (χ4n) is 5.68. The molecule has 0 aromatic rings. The monoisotopic (exact) mass is 771 g/mol. The van der Waals surface area contributed by atoms with Crippen molar-refractivity contribution < 1.29 is 38.2 Å². The first-order valence-corrected chi connectivity index (χ1v) is 21.5. The van der Waals surface area contributed by atoms with Gasteiger partial charge >= 0.3 is 17.9 Å². The van der Waals surface area contributed by atoms with Crippen molar-refractivity contribution in [3.8, 4) is 0 Å². The Bertz CT molecular complexity index is 1130. The summed E-state index contributed by atoms with van der Waals surface area (Å²) in [5, 5.41) is 9.60. The normalized spacial score (nSPS) is 13.7. The number of ether oxygens (including phenoxy) is 3. The van der Waals surface area contributed by atoms with Crippen LogP contribution in [0, 0.1) is 0 Å². The second kappa shape index (κ2) is 37.7. The lowest BCUT2D eigenvalue weighted by Crippen LogP contribution is -2.50. The van der Waals surface area contributed by atoms with E-state index in [4.69, 9.17) is 14.2 Å². The molecule has 2 atom stereocenters. The molecule has 0 aliphatic carbocycles. The zero-order valence-electron chi connectivity index (χ0n) is 35.6. The lowest BCUT2D eigenvalue weighted by molar-refractivity contribution is -0.887. The van der Waals surface area contributed by atoms with Gasteiger partial charge in [0.05, 0.1) is 34.4 Å². The molecule has 0 spiro atoms. The molecule has 55 heavy (non-hydrogen) atoms. The highest BCUT2D eigenvalue weighted by Crippen LogP contribution is 2.12. The van der Waals surface area contributed by atoms with Gasteiger partial charge in [-0.25, -0.2) is 4.79 Å². The van der Waals surface area contributed by atoms with E-state index in [-0.39, 0.29) is 36.2 Å². The minimum Gasteiger partial charge on any atom is -0.477 e. The standard InChI is InChI=1S/C47H79NO7/c1-6-8-10-12-14-16-18-19-20-21-22-23-24-25-26-27-28-30-31-33-35-37-45(49)54-42-43(41-53-40-39-44(47(51)52)48(3,4)5)55-46(50)38-36-34-32-29-17-15-13-11-9-7-2/h13-16,19-20,22-23,25-26,28,30,43-44H,6-12,17-18,21,24,27,29,31-42H2,1-5H3/p+1/b15-13+,16-14+,20-19+,23-22+,26-25+,30-28+. The molecule has 2 unspecified atom stereocenters.